The minimum Gasteiger partial charge on any atom is -0.381 e. The van der Waals surface area contributed by atoms with Crippen LogP contribution in [0.15, 0.2) is 0 Å². The smallest absolute Gasteiger partial charge is 0.0495 e. The molecule has 0 bridgehead atoms. The minimum atomic E-state index is 0.739. The Balaban J connectivity index is 1.67. The molecule has 0 aromatic heterocycles. The zero-order valence-electron chi connectivity index (χ0n) is 12.1. The molecule has 2 atom stereocenters. The molecule has 1 aliphatic carbocycles. The number of hydrogen-bond acceptors (Lipinski definition) is 2. The molecule has 1 heterocycles. The number of hydrogen-bond donors (Lipinski definition) is 1. The predicted octanol–water partition coefficient (Wildman–Crippen LogP) is 3.75. The van der Waals surface area contributed by atoms with E-state index < -0.39 is 0 Å². The molecule has 0 radical (unpaired) electrons. The van der Waals surface area contributed by atoms with E-state index >= 15 is 0 Å². The van der Waals surface area contributed by atoms with Gasteiger partial charge in [0.05, 0.1) is 0 Å². The van der Waals surface area contributed by atoms with Gasteiger partial charge in [0.15, 0.2) is 0 Å². The standard InChI is InChI=1S/C16H31NO/c1-2-17-16(12-15-10-11-18-13-15)9-8-14-6-4-3-5-7-14/h14-17H,2-13H2,1H3. The highest BCUT2D eigenvalue weighted by Crippen LogP contribution is 2.29. The molecule has 1 saturated carbocycles. The second kappa shape index (κ2) is 8.16. The molecule has 18 heavy (non-hydrogen) atoms. The van der Waals surface area contributed by atoms with Crippen molar-refractivity contribution in [3.8, 4) is 0 Å². The first-order chi connectivity index (χ1) is 8.88. The van der Waals surface area contributed by atoms with Gasteiger partial charge in [0.2, 0.25) is 0 Å². The fourth-order valence-corrected chi connectivity index (χ4v) is 3.68. The fraction of sp³-hybridized carbons (Fsp3) is 1.00. The van der Waals surface area contributed by atoms with Gasteiger partial charge in [-0.15, -0.1) is 0 Å². The van der Waals surface area contributed by atoms with E-state index in [2.05, 4.69) is 12.2 Å². The molecule has 0 spiro atoms. The summed E-state index contributed by atoms with van der Waals surface area (Å²) in [6, 6.07) is 0.739. The van der Waals surface area contributed by atoms with E-state index in [4.69, 9.17) is 4.74 Å². The van der Waals surface area contributed by atoms with Crippen LogP contribution >= 0.6 is 0 Å². The van der Waals surface area contributed by atoms with Gasteiger partial charge in [0, 0.05) is 19.3 Å². The Hall–Kier alpha value is -0.0800. The molecular weight excluding hydrogens is 222 g/mol. The molecule has 1 aliphatic heterocycles. The Kier molecular flexibility index (Phi) is 6.50. The first kappa shape index (κ1) is 14.3. The van der Waals surface area contributed by atoms with Gasteiger partial charge in [0.25, 0.3) is 0 Å². The Morgan fingerprint density at radius 1 is 1.11 bits per heavy atom. The van der Waals surface area contributed by atoms with Crippen LogP contribution in [0.25, 0.3) is 0 Å². The summed E-state index contributed by atoms with van der Waals surface area (Å²) in [4.78, 5) is 0. The summed E-state index contributed by atoms with van der Waals surface area (Å²) in [6.45, 7) is 5.35. The van der Waals surface area contributed by atoms with E-state index in [0.717, 1.165) is 37.6 Å². The van der Waals surface area contributed by atoms with Gasteiger partial charge in [-0.1, -0.05) is 39.0 Å². The second-order valence-electron chi connectivity index (χ2n) is 6.30. The van der Waals surface area contributed by atoms with Crippen molar-refractivity contribution in [3.63, 3.8) is 0 Å². The lowest BCUT2D eigenvalue weighted by Gasteiger charge is -2.26. The average Bonchev–Trinajstić information content (AvgIpc) is 2.90. The highest BCUT2D eigenvalue weighted by molar-refractivity contribution is 4.76. The molecule has 2 heteroatoms. The first-order valence-electron chi connectivity index (χ1n) is 8.19. The molecule has 2 unspecified atom stereocenters. The SMILES string of the molecule is CCNC(CCC1CCCCC1)CC1CCOC1. The van der Waals surface area contributed by atoms with Crippen molar-refractivity contribution in [2.45, 2.75) is 70.8 Å². The Bertz CT molecular complexity index is 207. The summed E-state index contributed by atoms with van der Waals surface area (Å²) < 4.78 is 5.50. The van der Waals surface area contributed by atoms with Gasteiger partial charge >= 0.3 is 0 Å². The van der Waals surface area contributed by atoms with Crippen LogP contribution in [0.5, 0.6) is 0 Å². The number of ether oxygens (including phenoxy) is 1. The molecule has 0 amide bonds. The van der Waals surface area contributed by atoms with E-state index in [1.165, 1.54) is 57.8 Å². The molecular formula is C16H31NO. The van der Waals surface area contributed by atoms with Crippen LogP contribution < -0.4 is 5.32 Å². The molecule has 106 valence electrons. The van der Waals surface area contributed by atoms with Crippen molar-refractivity contribution in [1.29, 1.82) is 0 Å². The highest BCUT2D eigenvalue weighted by atomic mass is 16.5. The summed E-state index contributed by atoms with van der Waals surface area (Å²) in [7, 11) is 0. The van der Waals surface area contributed by atoms with Crippen molar-refractivity contribution in [2.75, 3.05) is 19.8 Å². The summed E-state index contributed by atoms with van der Waals surface area (Å²) in [6.07, 6.45) is 12.9. The van der Waals surface area contributed by atoms with Crippen molar-refractivity contribution in [2.24, 2.45) is 11.8 Å². The third-order valence-corrected chi connectivity index (χ3v) is 4.78. The summed E-state index contributed by atoms with van der Waals surface area (Å²) in [5.74, 6) is 1.85. The van der Waals surface area contributed by atoms with E-state index in [1.54, 1.807) is 0 Å². The van der Waals surface area contributed by atoms with Crippen molar-refractivity contribution in [1.82, 2.24) is 5.32 Å². The van der Waals surface area contributed by atoms with Crippen molar-refractivity contribution < 1.29 is 4.74 Å². The van der Waals surface area contributed by atoms with Gasteiger partial charge in [-0.3, -0.25) is 0 Å². The predicted molar refractivity (Wildman–Crippen MR) is 76.8 cm³/mol. The van der Waals surface area contributed by atoms with Crippen LogP contribution in [-0.2, 0) is 4.74 Å². The topological polar surface area (TPSA) is 21.3 Å². The maximum absolute atomic E-state index is 5.50. The number of rotatable bonds is 7. The van der Waals surface area contributed by atoms with Crippen molar-refractivity contribution >= 4 is 0 Å². The number of nitrogens with one attached hydrogen (secondary N) is 1. The van der Waals surface area contributed by atoms with E-state index in [-0.39, 0.29) is 0 Å². The minimum absolute atomic E-state index is 0.739. The van der Waals surface area contributed by atoms with Crippen molar-refractivity contribution in [3.05, 3.63) is 0 Å². The van der Waals surface area contributed by atoms with E-state index in [9.17, 15) is 0 Å². The van der Waals surface area contributed by atoms with Crippen LogP contribution in [0.3, 0.4) is 0 Å². The van der Waals surface area contributed by atoms with Gasteiger partial charge in [-0.05, 0) is 44.1 Å². The van der Waals surface area contributed by atoms with Crippen LogP contribution in [0.1, 0.15) is 64.7 Å². The highest BCUT2D eigenvalue weighted by Gasteiger charge is 2.21. The van der Waals surface area contributed by atoms with Gasteiger partial charge < -0.3 is 10.1 Å². The molecule has 0 aromatic rings. The van der Waals surface area contributed by atoms with E-state index in [0.29, 0.717) is 0 Å². The van der Waals surface area contributed by atoms with Crippen LogP contribution in [0.2, 0.25) is 0 Å². The maximum atomic E-state index is 5.50. The molecule has 2 rings (SSSR count). The largest absolute Gasteiger partial charge is 0.381 e. The lowest BCUT2D eigenvalue weighted by atomic mass is 9.84. The zero-order chi connectivity index (χ0) is 12.6. The first-order valence-corrected chi connectivity index (χ1v) is 8.19. The normalized spacial score (nSPS) is 27.5. The molecule has 0 aromatic carbocycles. The summed E-state index contributed by atoms with van der Waals surface area (Å²) >= 11 is 0. The summed E-state index contributed by atoms with van der Waals surface area (Å²) in [5, 5.41) is 3.69. The third kappa shape index (κ3) is 4.89. The Labute approximate surface area is 113 Å². The van der Waals surface area contributed by atoms with E-state index in [1.807, 2.05) is 0 Å². The second-order valence-corrected chi connectivity index (χ2v) is 6.30. The van der Waals surface area contributed by atoms with Gasteiger partial charge in [0.1, 0.15) is 0 Å². The molecule has 2 fully saturated rings. The fourth-order valence-electron chi connectivity index (χ4n) is 3.68. The quantitative estimate of drug-likeness (QED) is 0.746. The summed E-state index contributed by atoms with van der Waals surface area (Å²) in [5.41, 5.74) is 0. The molecule has 1 N–H and O–H groups in total. The molecule has 1 saturated heterocycles. The molecule has 2 nitrogen and oxygen atoms in total. The lowest BCUT2D eigenvalue weighted by Crippen LogP contribution is -2.32. The average molecular weight is 253 g/mol. The Morgan fingerprint density at radius 3 is 2.61 bits per heavy atom. The lowest BCUT2D eigenvalue weighted by molar-refractivity contribution is 0.180. The maximum Gasteiger partial charge on any atom is 0.0495 e. The van der Waals surface area contributed by atoms with Crippen LogP contribution in [0.4, 0.5) is 0 Å². The van der Waals surface area contributed by atoms with Gasteiger partial charge in [-0.25, -0.2) is 0 Å². The molecule has 2 aliphatic rings. The van der Waals surface area contributed by atoms with Crippen LogP contribution in [-0.4, -0.2) is 25.8 Å². The Morgan fingerprint density at radius 2 is 1.94 bits per heavy atom. The monoisotopic (exact) mass is 253 g/mol. The zero-order valence-corrected chi connectivity index (χ0v) is 12.1. The third-order valence-electron chi connectivity index (χ3n) is 4.78. The van der Waals surface area contributed by atoms with Gasteiger partial charge in [-0.2, -0.15) is 0 Å². The van der Waals surface area contributed by atoms with Crippen LogP contribution in [0, 0.1) is 11.8 Å².